The highest BCUT2D eigenvalue weighted by Gasteiger charge is 2.13. The zero-order valence-electron chi connectivity index (χ0n) is 11.4. The Morgan fingerprint density at radius 3 is 2.95 bits per heavy atom. The second-order valence-corrected chi connectivity index (χ2v) is 4.55. The normalized spacial score (nSPS) is 10.8. The van der Waals surface area contributed by atoms with Crippen LogP contribution in [-0.4, -0.2) is 32.0 Å². The molecular formula is C13H19N5O. The summed E-state index contributed by atoms with van der Waals surface area (Å²) in [6, 6.07) is 1.83. The lowest BCUT2D eigenvalue weighted by Gasteiger charge is -2.01. The maximum atomic E-state index is 11.9. The zero-order chi connectivity index (χ0) is 13.7. The third-order valence-electron chi connectivity index (χ3n) is 2.95. The molecule has 0 aliphatic carbocycles. The predicted octanol–water partition coefficient (Wildman–Crippen LogP) is 1.74. The molecule has 0 aliphatic rings. The first-order valence-corrected chi connectivity index (χ1v) is 6.69. The largest absolute Gasteiger partial charge is 0.349 e. The van der Waals surface area contributed by atoms with Crippen LogP contribution in [0.3, 0.4) is 0 Å². The molecule has 19 heavy (non-hydrogen) atoms. The van der Waals surface area contributed by atoms with Gasteiger partial charge in [0, 0.05) is 18.4 Å². The molecule has 0 aromatic carbocycles. The summed E-state index contributed by atoms with van der Waals surface area (Å²) in [6.07, 6.45) is 6.17. The van der Waals surface area contributed by atoms with Gasteiger partial charge < -0.3 is 5.32 Å². The number of unbranched alkanes of at least 4 members (excludes halogenated alkanes) is 3. The fourth-order valence-electron chi connectivity index (χ4n) is 1.84. The number of amides is 1. The average molecular weight is 261 g/mol. The van der Waals surface area contributed by atoms with Crippen molar-refractivity contribution in [3.05, 3.63) is 23.8 Å². The van der Waals surface area contributed by atoms with E-state index >= 15 is 0 Å². The van der Waals surface area contributed by atoms with Crippen LogP contribution in [0, 0.1) is 6.92 Å². The minimum absolute atomic E-state index is 0.178. The molecule has 2 rings (SSSR count). The van der Waals surface area contributed by atoms with E-state index in [-0.39, 0.29) is 11.7 Å². The van der Waals surface area contributed by atoms with Crippen LogP contribution in [0.5, 0.6) is 0 Å². The van der Waals surface area contributed by atoms with E-state index in [0.717, 1.165) is 18.5 Å². The molecule has 6 heteroatoms. The summed E-state index contributed by atoms with van der Waals surface area (Å²) in [5.74, 6) is 0.398. The van der Waals surface area contributed by atoms with Crippen molar-refractivity contribution >= 4 is 11.7 Å². The number of carbonyl (C=O) groups is 1. The Hall–Kier alpha value is -1.98. The van der Waals surface area contributed by atoms with Gasteiger partial charge in [0.05, 0.1) is 0 Å². The summed E-state index contributed by atoms with van der Waals surface area (Å²) < 4.78 is 1.58. The summed E-state index contributed by atoms with van der Waals surface area (Å²) in [4.78, 5) is 20.1. The first-order chi connectivity index (χ1) is 9.22. The first kappa shape index (κ1) is 13.5. The number of hydrogen-bond acceptors (Lipinski definition) is 4. The summed E-state index contributed by atoms with van der Waals surface area (Å²) in [5, 5.41) is 6.99. The molecule has 0 bridgehead atoms. The number of aryl methyl sites for hydroxylation is 1. The number of carbonyl (C=O) groups excluding carboxylic acids is 1. The minimum atomic E-state index is -0.235. The molecule has 0 saturated heterocycles. The van der Waals surface area contributed by atoms with Crippen molar-refractivity contribution in [3.8, 4) is 0 Å². The lowest BCUT2D eigenvalue weighted by Crippen LogP contribution is -2.25. The van der Waals surface area contributed by atoms with Crippen molar-refractivity contribution in [3.63, 3.8) is 0 Å². The van der Waals surface area contributed by atoms with Crippen LogP contribution in [0.15, 0.2) is 12.3 Å². The Bertz CT molecular complexity index is 563. The van der Waals surface area contributed by atoms with Gasteiger partial charge in [0.25, 0.3) is 11.7 Å². The lowest BCUT2D eigenvalue weighted by molar-refractivity contribution is 0.0943. The van der Waals surface area contributed by atoms with Gasteiger partial charge in [-0.05, 0) is 19.4 Å². The lowest BCUT2D eigenvalue weighted by atomic mass is 10.2. The summed E-state index contributed by atoms with van der Waals surface area (Å²) in [5.41, 5.74) is 0.902. The number of nitrogens with one attached hydrogen (secondary N) is 1. The van der Waals surface area contributed by atoms with Gasteiger partial charge in [-0.2, -0.15) is 4.98 Å². The number of nitrogens with zero attached hydrogens (tertiary/aromatic N) is 4. The molecule has 0 spiro atoms. The molecule has 6 nitrogen and oxygen atoms in total. The average Bonchev–Trinajstić information content (AvgIpc) is 2.84. The smallest absolute Gasteiger partial charge is 0.291 e. The quantitative estimate of drug-likeness (QED) is 0.804. The molecule has 1 amide bonds. The number of fused-ring (bicyclic) bond motifs is 1. The van der Waals surface area contributed by atoms with Gasteiger partial charge in [-0.25, -0.2) is 9.50 Å². The molecule has 0 radical (unpaired) electrons. The van der Waals surface area contributed by atoms with Crippen LogP contribution in [0.2, 0.25) is 0 Å². The molecule has 2 heterocycles. The highest BCUT2D eigenvalue weighted by atomic mass is 16.2. The zero-order valence-corrected chi connectivity index (χ0v) is 11.4. The van der Waals surface area contributed by atoms with Gasteiger partial charge in [0.15, 0.2) is 0 Å². The predicted molar refractivity (Wildman–Crippen MR) is 72.0 cm³/mol. The highest BCUT2D eigenvalue weighted by Crippen LogP contribution is 2.02. The van der Waals surface area contributed by atoms with Crippen LogP contribution in [0.1, 0.15) is 48.9 Å². The van der Waals surface area contributed by atoms with E-state index in [9.17, 15) is 4.79 Å². The number of aromatic nitrogens is 4. The molecular weight excluding hydrogens is 242 g/mol. The molecule has 0 fully saturated rings. The van der Waals surface area contributed by atoms with E-state index in [4.69, 9.17) is 0 Å². The maximum Gasteiger partial charge on any atom is 0.291 e. The third kappa shape index (κ3) is 3.27. The topological polar surface area (TPSA) is 72.2 Å². The molecule has 102 valence electrons. The van der Waals surface area contributed by atoms with Crippen molar-refractivity contribution in [1.29, 1.82) is 0 Å². The van der Waals surface area contributed by atoms with Gasteiger partial charge in [-0.1, -0.05) is 26.2 Å². The molecule has 1 N–H and O–H groups in total. The molecule has 0 unspecified atom stereocenters. The maximum absolute atomic E-state index is 11.9. The summed E-state index contributed by atoms with van der Waals surface area (Å²) in [7, 11) is 0. The Kier molecular flexibility index (Phi) is 4.43. The van der Waals surface area contributed by atoms with Crippen molar-refractivity contribution in [2.45, 2.75) is 39.5 Å². The van der Waals surface area contributed by atoms with Crippen molar-refractivity contribution in [2.75, 3.05) is 6.54 Å². The Balaban J connectivity index is 1.96. The van der Waals surface area contributed by atoms with E-state index in [0.29, 0.717) is 12.3 Å². The third-order valence-corrected chi connectivity index (χ3v) is 2.95. The summed E-state index contributed by atoms with van der Waals surface area (Å²) >= 11 is 0. The van der Waals surface area contributed by atoms with E-state index in [1.807, 2.05) is 13.0 Å². The van der Waals surface area contributed by atoms with Crippen molar-refractivity contribution in [2.24, 2.45) is 0 Å². The van der Waals surface area contributed by atoms with Crippen LogP contribution in [-0.2, 0) is 0 Å². The van der Waals surface area contributed by atoms with Crippen LogP contribution >= 0.6 is 0 Å². The van der Waals surface area contributed by atoms with E-state index in [2.05, 4.69) is 27.3 Å². The fraction of sp³-hybridized carbons (Fsp3) is 0.538. The first-order valence-electron chi connectivity index (χ1n) is 6.69. The monoisotopic (exact) mass is 261 g/mol. The molecule has 2 aromatic rings. The minimum Gasteiger partial charge on any atom is -0.349 e. The SMILES string of the molecule is CCCCCCNC(=O)c1nc2nccc(C)n2n1. The van der Waals surface area contributed by atoms with Crippen LogP contribution < -0.4 is 5.32 Å². The highest BCUT2D eigenvalue weighted by molar-refractivity contribution is 5.90. The van der Waals surface area contributed by atoms with Gasteiger partial charge in [-0.3, -0.25) is 4.79 Å². The standard InChI is InChI=1S/C13H19N5O/c1-3-4-5-6-8-14-12(19)11-16-13-15-9-7-10(2)18(13)17-11/h7,9H,3-6,8H2,1-2H3,(H,14,19). The van der Waals surface area contributed by atoms with Crippen LogP contribution in [0.25, 0.3) is 5.78 Å². The Morgan fingerprint density at radius 2 is 2.21 bits per heavy atom. The second kappa shape index (κ2) is 6.26. The van der Waals surface area contributed by atoms with E-state index in [1.165, 1.54) is 12.8 Å². The van der Waals surface area contributed by atoms with Gasteiger partial charge in [0.1, 0.15) is 0 Å². The molecule has 2 aromatic heterocycles. The Labute approximate surface area is 112 Å². The number of rotatable bonds is 6. The van der Waals surface area contributed by atoms with E-state index in [1.54, 1.807) is 10.7 Å². The molecule has 0 aliphatic heterocycles. The van der Waals surface area contributed by atoms with Crippen LogP contribution in [0.4, 0.5) is 0 Å². The van der Waals surface area contributed by atoms with Gasteiger partial charge in [0.2, 0.25) is 5.82 Å². The van der Waals surface area contributed by atoms with Gasteiger partial charge >= 0.3 is 0 Å². The molecule has 0 atom stereocenters. The Morgan fingerprint density at radius 1 is 1.37 bits per heavy atom. The molecule has 0 saturated carbocycles. The fourth-order valence-corrected chi connectivity index (χ4v) is 1.84. The number of hydrogen-bond donors (Lipinski definition) is 1. The second-order valence-electron chi connectivity index (χ2n) is 4.55. The van der Waals surface area contributed by atoms with Gasteiger partial charge in [-0.15, -0.1) is 5.10 Å². The van der Waals surface area contributed by atoms with Crippen molar-refractivity contribution < 1.29 is 4.79 Å². The summed E-state index contributed by atoms with van der Waals surface area (Å²) in [6.45, 7) is 4.73. The van der Waals surface area contributed by atoms with E-state index < -0.39 is 0 Å². The van der Waals surface area contributed by atoms with Crippen molar-refractivity contribution in [1.82, 2.24) is 24.9 Å².